The average Bonchev–Trinajstić information content (AvgIpc) is 2.77. The first kappa shape index (κ1) is 25.3. The van der Waals surface area contributed by atoms with E-state index in [1.165, 1.54) is 31.4 Å². The highest BCUT2D eigenvalue weighted by atomic mass is 35.5. The van der Waals surface area contributed by atoms with Crippen LogP contribution in [0.25, 0.3) is 5.69 Å². The van der Waals surface area contributed by atoms with Crippen molar-refractivity contribution in [3.63, 3.8) is 0 Å². The van der Waals surface area contributed by atoms with Gasteiger partial charge in [-0.1, -0.05) is 23.7 Å². The molecule has 0 fully saturated rings. The summed E-state index contributed by atoms with van der Waals surface area (Å²) in [6.45, 7) is -0.391. The maximum atomic E-state index is 13.2. The Labute approximate surface area is 197 Å². The third-order valence-corrected chi connectivity index (χ3v) is 5.33. The summed E-state index contributed by atoms with van der Waals surface area (Å²) in [5.41, 5.74) is -3.84. The maximum Gasteiger partial charge on any atom is 0.431 e. The Balaban J connectivity index is 2.08. The van der Waals surface area contributed by atoms with Gasteiger partial charge in [-0.15, -0.1) is 9.24 Å². The fourth-order valence-corrected chi connectivity index (χ4v) is 3.61. The van der Waals surface area contributed by atoms with E-state index in [0.717, 1.165) is 7.05 Å². The van der Waals surface area contributed by atoms with Crippen molar-refractivity contribution >= 4 is 32.1 Å². The van der Waals surface area contributed by atoms with Gasteiger partial charge in [0.15, 0.2) is 18.1 Å². The normalized spacial score (nSPS) is 11.3. The fraction of sp³-hybridized carbons (Fsp3) is 0.190. The summed E-state index contributed by atoms with van der Waals surface area (Å²) in [6, 6.07) is 9.21. The molecule has 1 heterocycles. The van der Waals surface area contributed by atoms with Crippen molar-refractivity contribution in [2.45, 2.75) is 6.18 Å². The molecule has 0 radical (unpaired) electrons. The summed E-state index contributed by atoms with van der Waals surface area (Å²) >= 11 is 6.26. The zero-order chi connectivity index (χ0) is 25.2. The molecule has 0 aliphatic carbocycles. The van der Waals surface area contributed by atoms with Gasteiger partial charge in [-0.3, -0.25) is 9.36 Å². The minimum absolute atomic E-state index is 0.0224. The molecule has 0 aliphatic rings. The van der Waals surface area contributed by atoms with E-state index < -0.39 is 35.7 Å². The van der Waals surface area contributed by atoms with Crippen LogP contribution < -0.4 is 26.0 Å². The van der Waals surface area contributed by atoms with E-state index >= 15 is 0 Å². The number of hydrogen-bond acceptors (Lipinski definition) is 6. The number of carbonyl (C=O) groups is 1. The fourth-order valence-electron chi connectivity index (χ4n) is 2.92. The van der Waals surface area contributed by atoms with E-state index in [9.17, 15) is 27.6 Å². The lowest BCUT2D eigenvalue weighted by Crippen LogP contribution is -2.41. The molecule has 3 rings (SSSR count). The van der Waals surface area contributed by atoms with Crippen molar-refractivity contribution in [1.82, 2.24) is 9.13 Å². The molecule has 1 aromatic heterocycles. The first-order chi connectivity index (χ1) is 15.9. The van der Waals surface area contributed by atoms with Crippen LogP contribution in [0.3, 0.4) is 0 Å². The number of methoxy groups -OCH3 is 1. The number of ether oxygens (including phenoxy) is 3. The number of esters is 1. The van der Waals surface area contributed by atoms with Gasteiger partial charge in [-0.2, -0.15) is 13.2 Å². The number of rotatable bonds is 6. The Hall–Kier alpha value is -3.30. The van der Waals surface area contributed by atoms with Crippen LogP contribution in [0.5, 0.6) is 17.2 Å². The van der Waals surface area contributed by atoms with Gasteiger partial charge in [0.05, 0.1) is 17.8 Å². The van der Waals surface area contributed by atoms with Gasteiger partial charge in [0, 0.05) is 19.2 Å². The van der Waals surface area contributed by atoms with E-state index in [4.69, 9.17) is 21.1 Å². The second kappa shape index (κ2) is 9.90. The highest BCUT2D eigenvalue weighted by Crippen LogP contribution is 2.36. The molecular formula is C21H17ClF3N2O6P. The van der Waals surface area contributed by atoms with Gasteiger partial charge in [0.25, 0.3) is 5.56 Å². The summed E-state index contributed by atoms with van der Waals surface area (Å²) in [5, 5.41) is 0.333. The third-order valence-electron chi connectivity index (χ3n) is 4.57. The summed E-state index contributed by atoms with van der Waals surface area (Å²) in [4.78, 5) is 36.6. The predicted molar refractivity (Wildman–Crippen MR) is 121 cm³/mol. The Bertz CT molecular complexity index is 1370. The molecule has 1 atom stereocenters. The van der Waals surface area contributed by atoms with Gasteiger partial charge < -0.3 is 14.2 Å². The van der Waals surface area contributed by atoms with Crippen LogP contribution in [0.4, 0.5) is 13.2 Å². The van der Waals surface area contributed by atoms with E-state index in [0.29, 0.717) is 15.2 Å². The number of alkyl halides is 3. The molecule has 0 amide bonds. The van der Waals surface area contributed by atoms with Crippen molar-refractivity contribution in [3.05, 3.63) is 74.0 Å². The molecular weight excluding hydrogens is 500 g/mol. The quantitative estimate of drug-likeness (QED) is 0.370. The summed E-state index contributed by atoms with van der Waals surface area (Å²) in [6.07, 6.45) is -4.89. The Morgan fingerprint density at radius 3 is 2.35 bits per heavy atom. The average molecular weight is 517 g/mol. The van der Waals surface area contributed by atoms with Crippen molar-refractivity contribution < 1.29 is 32.2 Å². The molecule has 13 heteroatoms. The molecule has 2 aromatic carbocycles. The van der Waals surface area contributed by atoms with Crippen molar-refractivity contribution in [2.24, 2.45) is 7.05 Å². The lowest BCUT2D eigenvalue weighted by atomic mass is 10.2. The lowest BCUT2D eigenvalue weighted by Gasteiger charge is -2.17. The van der Waals surface area contributed by atoms with Crippen LogP contribution in [-0.4, -0.2) is 28.8 Å². The molecule has 0 bridgehead atoms. The van der Waals surface area contributed by atoms with Crippen LogP contribution in [-0.2, 0) is 22.8 Å². The SMILES string of the molecule is COC(=O)COc1ccccc1Oc1cc(-n2c(=O)cc(C(F)(F)F)n(C)c2=O)c(P)cc1Cl. The summed E-state index contributed by atoms with van der Waals surface area (Å²) < 4.78 is 56.1. The molecule has 0 spiro atoms. The Kier molecular flexibility index (Phi) is 7.38. The Morgan fingerprint density at radius 1 is 1.09 bits per heavy atom. The topological polar surface area (TPSA) is 88.8 Å². The molecule has 34 heavy (non-hydrogen) atoms. The summed E-state index contributed by atoms with van der Waals surface area (Å²) in [7, 11) is 4.37. The first-order valence-corrected chi connectivity index (χ1v) is 10.4. The zero-order valence-electron chi connectivity index (χ0n) is 17.7. The first-order valence-electron chi connectivity index (χ1n) is 9.40. The van der Waals surface area contributed by atoms with Gasteiger partial charge >= 0.3 is 17.8 Å². The van der Waals surface area contributed by atoms with E-state index in [1.807, 2.05) is 0 Å². The highest BCUT2D eigenvalue weighted by Gasteiger charge is 2.35. The van der Waals surface area contributed by atoms with Crippen LogP contribution in [0, 0.1) is 0 Å². The van der Waals surface area contributed by atoms with Gasteiger partial charge in [-0.25, -0.2) is 14.2 Å². The molecule has 0 saturated carbocycles. The molecule has 0 aliphatic heterocycles. The van der Waals surface area contributed by atoms with Gasteiger partial charge in [0.1, 0.15) is 11.4 Å². The number of carbonyl (C=O) groups excluding carboxylic acids is 1. The van der Waals surface area contributed by atoms with Crippen molar-refractivity contribution in [2.75, 3.05) is 13.7 Å². The van der Waals surface area contributed by atoms with E-state index in [1.54, 1.807) is 12.1 Å². The maximum absolute atomic E-state index is 13.2. The second-order valence-electron chi connectivity index (χ2n) is 6.80. The number of nitrogens with zero attached hydrogens (tertiary/aromatic N) is 2. The molecule has 180 valence electrons. The second-order valence-corrected chi connectivity index (χ2v) is 7.83. The zero-order valence-corrected chi connectivity index (χ0v) is 19.6. The van der Waals surface area contributed by atoms with Crippen LogP contribution in [0.2, 0.25) is 5.02 Å². The number of para-hydroxylation sites is 2. The lowest BCUT2D eigenvalue weighted by molar-refractivity contribution is -0.144. The summed E-state index contributed by atoms with van der Waals surface area (Å²) in [5.74, 6) is -0.336. The van der Waals surface area contributed by atoms with Crippen LogP contribution >= 0.6 is 20.8 Å². The van der Waals surface area contributed by atoms with Gasteiger partial charge in [0.2, 0.25) is 0 Å². The van der Waals surface area contributed by atoms with Crippen molar-refractivity contribution in [3.8, 4) is 22.9 Å². The van der Waals surface area contributed by atoms with Crippen LogP contribution in [0.15, 0.2) is 52.1 Å². The number of benzene rings is 2. The predicted octanol–water partition coefficient (Wildman–Crippen LogP) is 3.05. The third kappa shape index (κ3) is 5.26. The number of halogens is 4. The van der Waals surface area contributed by atoms with Crippen molar-refractivity contribution in [1.29, 1.82) is 0 Å². The minimum Gasteiger partial charge on any atom is -0.478 e. The van der Waals surface area contributed by atoms with Gasteiger partial charge in [-0.05, 0) is 23.5 Å². The number of aromatic nitrogens is 2. The molecule has 0 saturated heterocycles. The van der Waals surface area contributed by atoms with E-state index in [2.05, 4.69) is 14.0 Å². The largest absolute Gasteiger partial charge is 0.478 e. The van der Waals surface area contributed by atoms with Crippen LogP contribution in [0.1, 0.15) is 5.69 Å². The minimum atomic E-state index is -4.89. The van der Waals surface area contributed by atoms with E-state index in [-0.39, 0.29) is 33.3 Å². The molecule has 8 nitrogen and oxygen atoms in total. The standard InChI is InChI=1S/C21H17ClF3N2O6P/c1-26-17(21(23,24)25)9-18(28)27(20(26)30)12-8-15(11(22)7-16(12)34)33-14-6-4-3-5-13(14)32-10-19(29)31-2/h3-9H,10,34H2,1-2H3. The highest BCUT2D eigenvalue weighted by molar-refractivity contribution is 7.27. The molecule has 3 aromatic rings. The monoisotopic (exact) mass is 516 g/mol. The molecule has 1 unspecified atom stereocenters. The molecule has 0 N–H and O–H groups in total. The smallest absolute Gasteiger partial charge is 0.431 e. The Morgan fingerprint density at radius 2 is 1.74 bits per heavy atom. The number of hydrogen-bond donors (Lipinski definition) is 0.